The van der Waals surface area contributed by atoms with Gasteiger partial charge in [-0.25, -0.2) is 4.39 Å². The summed E-state index contributed by atoms with van der Waals surface area (Å²) in [7, 11) is 0. The lowest BCUT2D eigenvalue weighted by molar-refractivity contribution is -0.137. The van der Waals surface area contributed by atoms with Crippen LogP contribution >= 0.6 is 0 Å². The molecule has 0 aromatic heterocycles. The second-order valence-electron chi connectivity index (χ2n) is 4.44. The Kier molecular flexibility index (Phi) is 5.50. The van der Waals surface area contributed by atoms with Crippen LogP contribution in [0, 0.1) is 5.82 Å². The molecule has 0 spiro atoms. The SMILES string of the molecule is CC(O)CCCNC(=O)c1cc(C(F)(F)F)ccc1F. The Balaban J connectivity index is 2.72. The first-order chi connectivity index (χ1) is 9.21. The molecule has 0 aliphatic carbocycles. The van der Waals surface area contributed by atoms with Crippen molar-refractivity contribution < 1.29 is 27.5 Å². The van der Waals surface area contributed by atoms with Gasteiger partial charge in [-0.2, -0.15) is 13.2 Å². The maximum absolute atomic E-state index is 13.4. The molecule has 3 nitrogen and oxygen atoms in total. The molecule has 1 rings (SSSR count). The van der Waals surface area contributed by atoms with Gasteiger partial charge in [-0.05, 0) is 38.0 Å². The third-order valence-corrected chi connectivity index (χ3v) is 2.62. The second kappa shape index (κ2) is 6.69. The first-order valence-electron chi connectivity index (χ1n) is 6.05. The van der Waals surface area contributed by atoms with E-state index in [2.05, 4.69) is 5.32 Å². The van der Waals surface area contributed by atoms with Crippen LogP contribution in [0.1, 0.15) is 35.7 Å². The average Bonchev–Trinajstić information content (AvgIpc) is 2.33. The standard InChI is InChI=1S/C13H15F4NO2/c1-8(19)3-2-6-18-12(20)10-7-9(13(15,16)17)4-5-11(10)14/h4-5,7-8,19H,2-3,6H2,1H3,(H,18,20). The van der Waals surface area contributed by atoms with Crippen molar-refractivity contribution in [3.05, 3.63) is 35.1 Å². The molecule has 1 amide bonds. The van der Waals surface area contributed by atoms with E-state index in [-0.39, 0.29) is 6.54 Å². The highest BCUT2D eigenvalue weighted by molar-refractivity contribution is 5.94. The lowest BCUT2D eigenvalue weighted by Gasteiger charge is -2.10. The lowest BCUT2D eigenvalue weighted by atomic mass is 10.1. The summed E-state index contributed by atoms with van der Waals surface area (Å²) in [5.74, 6) is -1.91. The predicted molar refractivity (Wildman–Crippen MR) is 64.7 cm³/mol. The van der Waals surface area contributed by atoms with E-state index in [0.717, 1.165) is 0 Å². The Bertz CT molecular complexity index is 472. The summed E-state index contributed by atoms with van der Waals surface area (Å²) in [6, 6.07) is 1.69. The zero-order chi connectivity index (χ0) is 15.3. The predicted octanol–water partition coefficient (Wildman–Crippen LogP) is 2.74. The molecular weight excluding hydrogens is 278 g/mol. The van der Waals surface area contributed by atoms with Crippen LogP contribution in [0.25, 0.3) is 0 Å². The van der Waals surface area contributed by atoms with Gasteiger partial charge in [0, 0.05) is 6.54 Å². The van der Waals surface area contributed by atoms with Gasteiger partial charge in [0.15, 0.2) is 0 Å². The van der Waals surface area contributed by atoms with E-state index in [9.17, 15) is 22.4 Å². The van der Waals surface area contributed by atoms with E-state index in [1.165, 1.54) is 0 Å². The fourth-order valence-corrected chi connectivity index (χ4v) is 1.57. The van der Waals surface area contributed by atoms with E-state index in [1.54, 1.807) is 6.92 Å². The van der Waals surface area contributed by atoms with Crippen LogP contribution in [0.5, 0.6) is 0 Å². The molecular formula is C13H15F4NO2. The van der Waals surface area contributed by atoms with Gasteiger partial charge in [0.25, 0.3) is 5.91 Å². The van der Waals surface area contributed by atoms with Gasteiger partial charge >= 0.3 is 6.18 Å². The number of rotatable bonds is 5. The van der Waals surface area contributed by atoms with Crippen molar-refractivity contribution in [1.82, 2.24) is 5.32 Å². The summed E-state index contributed by atoms with van der Waals surface area (Å²) < 4.78 is 50.8. The van der Waals surface area contributed by atoms with Gasteiger partial charge in [-0.3, -0.25) is 4.79 Å². The fourth-order valence-electron chi connectivity index (χ4n) is 1.57. The van der Waals surface area contributed by atoms with Crippen LogP contribution in [-0.2, 0) is 6.18 Å². The highest BCUT2D eigenvalue weighted by atomic mass is 19.4. The number of aliphatic hydroxyl groups is 1. The quantitative estimate of drug-likeness (QED) is 0.648. The van der Waals surface area contributed by atoms with Crippen molar-refractivity contribution in [2.45, 2.75) is 32.0 Å². The Morgan fingerprint density at radius 1 is 1.40 bits per heavy atom. The highest BCUT2D eigenvalue weighted by Gasteiger charge is 2.31. The summed E-state index contributed by atoms with van der Waals surface area (Å²) in [6.45, 7) is 1.73. The Hall–Kier alpha value is -1.63. The first-order valence-corrected chi connectivity index (χ1v) is 6.05. The molecule has 0 bridgehead atoms. The van der Waals surface area contributed by atoms with Crippen LogP contribution in [0.15, 0.2) is 18.2 Å². The molecule has 0 fully saturated rings. The second-order valence-corrected chi connectivity index (χ2v) is 4.44. The summed E-state index contributed by atoms with van der Waals surface area (Å²) in [5, 5.41) is 11.3. The van der Waals surface area contributed by atoms with Crippen molar-refractivity contribution in [2.24, 2.45) is 0 Å². The third kappa shape index (κ3) is 4.80. The van der Waals surface area contributed by atoms with Crippen molar-refractivity contribution in [1.29, 1.82) is 0 Å². The molecule has 0 aliphatic rings. The smallest absolute Gasteiger partial charge is 0.393 e. The molecule has 112 valence electrons. The number of alkyl halides is 3. The Labute approximate surface area is 113 Å². The molecule has 0 saturated heterocycles. The van der Waals surface area contributed by atoms with Crippen molar-refractivity contribution in [2.75, 3.05) is 6.54 Å². The molecule has 0 aliphatic heterocycles. The Morgan fingerprint density at radius 3 is 2.60 bits per heavy atom. The lowest BCUT2D eigenvalue weighted by Crippen LogP contribution is -2.26. The van der Waals surface area contributed by atoms with E-state index in [0.29, 0.717) is 31.0 Å². The summed E-state index contributed by atoms with van der Waals surface area (Å²) >= 11 is 0. The molecule has 1 unspecified atom stereocenters. The topological polar surface area (TPSA) is 49.3 Å². The molecule has 0 radical (unpaired) electrons. The molecule has 2 N–H and O–H groups in total. The highest BCUT2D eigenvalue weighted by Crippen LogP contribution is 2.30. The van der Waals surface area contributed by atoms with Crippen molar-refractivity contribution >= 4 is 5.91 Å². The largest absolute Gasteiger partial charge is 0.416 e. The van der Waals surface area contributed by atoms with Crippen molar-refractivity contribution in [3.63, 3.8) is 0 Å². The summed E-state index contributed by atoms with van der Waals surface area (Å²) in [5.41, 5.74) is -1.72. The van der Waals surface area contributed by atoms with Gasteiger partial charge in [-0.1, -0.05) is 0 Å². The number of carbonyl (C=O) groups excluding carboxylic acids is 1. The molecule has 7 heteroatoms. The number of halogens is 4. The van der Waals surface area contributed by atoms with Gasteiger partial charge in [-0.15, -0.1) is 0 Å². The van der Waals surface area contributed by atoms with E-state index in [1.807, 2.05) is 0 Å². The molecule has 0 saturated carbocycles. The third-order valence-electron chi connectivity index (χ3n) is 2.62. The number of hydrogen-bond acceptors (Lipinski definition) is 2. The van der Waals surface area contributed by atoms with Crippen LogP contribution in [0.3, 0.4) is 0 Å². The maximum Gasteiger partial charge on any atom is 0.416 e. The van der Waals surface area contributed by atoms with Crippen LogP contribution < -0.4 is 5.32 Å². The monoisotopic (exact) mass is 293 g/mol. The Morgan fingerprint density at radius 2 is 2.05 bits per heavy atom. The van der Waals surface area contributed by atoms with Crippen LogP contribution in [0.2, 0.25) is 0 Å². The number of nitrogens with one attached hydrogen (secondary N) is 1. The normalized spacial score (nSPS) is 13.1. The van der Waals surface area contributed by atoms with Gasteiger partial charge in [0.1, 0.15) is 5.82 Å². The number of aliphatic hydroxyl groups excluding tert-OH is 1. The van der Waals surface area contributed by atoms with Gasteiger partial charge in [0.05, 0.1) is 17.2 Å². The molecule has 1 atom stereocenters. The molecule has 1 aromatic rings. The van der Waals surface area contributed by atoms with Gasteiger partial charge < -0.3 is 10.4 Å². The number of amides is 1. The zero-order valence-corrected chi connectivity index (χ0v) is 10.8. The number of carbonyl (C=O) groups is 1. The van der Waals surface area contributed by atoms with E-state index >= 15 is 0 Å². The van der Waals surface area contributed by atoms with Crippen molar-refractivity contribution in [3.8, 4) is 0 Å². The minimum absolute atomic E-state index is 0.152. The number of benzene rings is 1. The minimum Gasteiger partial charge on any atom is -0.393 e. The minimum atomic E-state index is -4.63. The average molecular weight is 293 g/mol. The van der Waals surface area contributed by atoms with Crippen LogP contribution in [-0.4, -0.2) is 23.7 Å². The molecule has 1 aromatic carbocycles. The first kappa shape index (κ1) is 16.4. The summed E-state index contributed by atoms with van der Waals surface area (Å²) in [4.78, 5) is 11.6. The molecule has 0 heterocycles. The van der Waals surface area contributed by atoms with Gasteiger partial charge in [0.2, 0.25) is 0 Å². The fraction of sp³-hybridized carbons (Fsp3) is 0.462. The van der Waals surface area contributed by atoms with E-state index in [4.69, 9.17) is 5.11 Å². The van der Waals surface area contributed by atoms with E-state index < -0.39 is 35.1 Å². The maximum atomic E-state index is 13.4. The molecule has 20 heavy (non-hydrogen) atoms. The van der Waals surface area contributed by atoms with Crippen LogP contribution in [0.4, 0.5) is 17.6 Å². The zero-order valence-electron chi connectivity index (χ0n) is 10.8. The number of hydrogen-bond donors (Lipinski definition) is 2. The summed E-state index contributed by atoms with van der Waals surface area (Å²) in [6.07, 6.45) is -4.28.